The van der Waals surface area contributed by atoms with Crippen LogP contribution in [0.15, 0.2) is 0 Å². The van der Waals surface area contributed by atoms with Crippen LogP contribution in [0.4, 0.5) is 0 Å². The van der Waals surface area contributed by atoms with Gasteiger partial charge in [0.1, 0.15) is 0 Å². The fraction of sp³-hybridized carbons (Fsp3) is 1.00. The van der Waals surface area contributed by atoms with E-state index in [0.717, 1.165) is 0 Å². The van der Waals surface area contributed by atoms with Gasteiger partial charge in [0.25, 0.3) is 0 Å². The molecule has 0 amide bonds. The molecule has 44 heteroatoms. The van der Waals surface area contributed by atoms with Gasteiger partial charge in [-0.05, 0) is 0 Å². The van der Waals surface area contributed by atoms with E-state index in [0.29, 0.717) is 0 Å². The highest BCUT2D eigenvalue weighted by molar-refractivity contribution is 8.81. The molecule has 280 valence electrons. The van der Waals surface area contributed by atoms with Crippen LogP contribution in [0.1, 0.15) is 14.9 Å². The van der Waals surface area contributed by atoms with Gasteiger partial charge in [-0.15, -0.1) is 0 Å². The highest BCUT2D eigenvalue weighted by Gasteiger charge is 1.45. The summed E-state index contributed by atoms with van der Waals surface area (Å²) in [5.41, 5.74) is 0. The lowest BCUT2D eigenvalue weighted by Gasteiger charge is -1.41. The van der Waals surface area contributed by atoms with Gasteiger partial charge in [0.2, 0.25) is 0 Å². The Morgan fingerprint density at radius 1 is 0.130 bits per heavy atom. The molecule has 0 fully saturated rings. The average Bonchev–Trinajstić information content (AvgIpc) is 3.04. The van der Waals surface area contributed by atoms with Crippen LogP contribution in [0.25, 0.3) is 0 Å². The van der Waals surface area contributed by atoms with Crippen LogP contribution < -0.4 is 0 Å². The fourth-order valence-electron chi connectivity index (χ4n) is 0.454. The van der Waals surface area contributed by atoms with E-state index >= 15 is 0 Å². The maximum atomic E-state index is 4.81. The molecule has 46 heavy (non-hydrogen) atoms. The van der Waals surface area contributed by atoms with Crippen molar-refractivity contribution in [2.75, 3.05) is 0 Å². The molecule has 0 bridgehead atoms. The van der Waals surface area contributed by atoms with Crippen molar-refractivity contribution >= 4 is 395 Å². The smallest absolute Gasteiger partial charge is 0 e. The average molecular weight is 1440 g/mol. The van der Waals surface area contributed by atoms with E-state index in [4.69, 9.17) is 22.4 Å². The molecule has 0 heterocycles. The Morgan fingerprint density at radius 3 is 0.261 bits per heavy atom. The third-order valence-electron chi connectivity index (χ3n) is 1.14. The maximum absolute atomic E-state index is 4.81. The van der Waals surface area contributed by atoms with Gasteiger partial charge >= 0.3 is 0 Å². The van der Waals surface area contributed by atoms with E-state index in [-0.39, 0.29) is 14.9 Å². The first-order valence-corrected chi connectivity index (χ1v) is 64.5. The van der Waals surface area contributed by atoms with Crippen LogP contribution in [0.2, 0.25) is 0 Å². The van der Waals surface area contributed by atoms with Gasteiger partial charge < -0.3 is 0 Å². The van der Waals surface area contributed by atoms with Crippen molar-refractivity contribution in [3.05, 3.63) is 0 Å². The number of hydrogen-bond acceptors (Lipinski definition) is 2. The van der Waals surface area contributed by atoms with Gasteiger partial charge in [0.15, 0.2) is 0 Å². The molecule has 0 nitrogen and oxygen atoms in total. The Labute approximate surface area is 398 Å². The summed E-state index contributed by atoms with van der Waals surface area (Å²) in [6, 6.07) is 0. The first-order valence-electron chi connectivity index (χ1n) is 7.17. The van der Waals surface area contributed by atoms with Crippen molar-refractivity contribution in [3.63, 3.8) is 0 Å². The SMILES string of the molecule is C.C.S=S=S=S=S=S=S=S=S=S=S=S=S=S=S=S=S=S=S=S=S=S=S=S=S=S=S=S=S=S=S=S=S=S=S=S=S=S=S=S=S=S=S=S. The van der Waals surface area contributed by atoms with E-state index in [9.17, 15) is 0 Å². The number of hydrogen-bond donors (Lipinski definition) is 0. The topological polar surface area (TPSA) is 0 Å². The molecule has 0 aliphatic rings. The van der Waals surface area contributed by atoms with E-state index in [1.165, 1.54) is 17.8 Å². The molecule has 0 aromatic carbocycles. The molecule has 0 unspecified atom stereocenters. The van der Waals surface area contributed by atoms with Crippen LogP contribution >= 0.6 is 0 Å². The van der Waals surface area contributed by atoms with Gasteiger partial charge in [-0.2, -0.15) is 0 Å². The third kappa shape index (κ3) is 58.0. The molecule has 0 aromatic rings. The van der Waals surface area contributed by atoms with Gasteiger partial charge in [-0.3, -0.25) is 0 Å². The highest BCUT2D eigenvalue weighted by Crippen LogP contribution is 1.44. The minimum Gasteiger partial charge on any atom is -0.0776 e. The molecular formula is C2H8S44. The Balaban J connectivity index is -0.00000924. The lowest BCUT2D eigenvalue weighted by Crippen LogP contribution is -1.41. The maximum Gasteiger partial charge on any atom is 0 e. The van der Waals surface area contributed by atoms with Crippen molar-refractivity contribution in [3.8, 4) is 0 Å². The second-order valence-electron chi connectivity index (χ2n) is 2.86. The first-order chi connectivity index (χ1) is 21.9. The van der Waals surface area contributed by atoms with Crippen LogP contribution in [0, 0.1) is 0 Å². The standard InChI is InChI=1S/2CH4.S44/c;;1-3-5-7-9-11-13-15-17-19-21-23-25-27-29-31-33-35-37-39-41-43-44-42-40-38-36-34-32-30-28-26-24-22-20-18-16-14-12-10-8-6-4-2/h2*1H4;. The molecular weight excluding hydrogens is 1430 g/mol. The predicted molar refractivity (Wildman–Crippen MR) is 338 cm³/mol. The van der Waals surface area contributed by atoms with Crippen molar-refractivity contribution in [1.29, 1.82) is 0 Å². The molecule has 0 aliphatic carbocycles. The minimum atomic E-state index is 0. The molecule has 0 saturated heterocycles. The van der Waals surface area contributed by atoms with Gasteiger partial charge in [-0.25, -0.2) is 0 Å². The van der Waals surface area contributed by atoms with E-state index < -0.39 is 0 Å². The molecule has 0 aromatic heterocycles. The largest absolute Gasteiger partial charge is 0.0776 e. The van der Waals surface area contributed by atoms with Gasteiger partial charge in [0.05, 0.1) is 0 Å². The van der Waals surface area contributed by atoms with Crippen molar-refractivity contribution in [2.45, 2.75) is 14.9 Å². The Kier molecular flexibility index (Phi) is 76.9. The normalized spacial score (nSPS) is 7.39. The minimum absolute atomic E-state index is 0. The van der Waals surface area contributed by atoms with Crippen LogP contribution in [0.3, 0.4) is 0 Å². The fourth-order valence-corrected chi connectivity index (χ4v) is 110. The summed E-state index contributed by atoms with van der Waals surface area (Å²) in [6.07, 6.45) is 0. The second-order valence-corrected chi connectivity index (χ2v) is 77.2. The zero-order valence-electron chi connectivity index (χ0n) is 18.0. The van der Waals surface area contributed by atoms with E-state index in [1.807, 2.05) is 249 Å². The Hall–Kier alpha value is 9.68. The summed E-state index contributed by atoms with van der Waals surface area (Å²) < 4.78 is 0. The molecule has 0 spiro atoms. The first kappa shape index (κ1) is 60.0. The summed E-state index contributed by atoms with van der Waals surface area (Å²) in [4.78, 5) is 0. The third-order valence-corrected chi connectivity index (χ3v) is 92.2. The summed E-state index contributed by atoms with van der Waals surface area (Å²) >= 11 is 9.61. The van der Waals surface area contributed by atoms with Crippen LogP contribution in [-0.4, -0.2) is 0 Å². The van der Waals surface area contributed by atoms with Crippen LogP contribution in [-0.2, 0) is 395 Å². The molecule has 0 radical (unpaired) electrons. The molecule has 0 aliphatic heterocycles. The number of rotatable bonds is 0. The molecule has 0 N–H and O–H groups in total. The summed E-state index contributed by atoms with van der Waals surface area (Å²) in [5, 5.41) is 0. The van der Waals surface area contributed by atoms with Gasteiger partial charge in [-0.1, -0.05) is 14.9 Å². The molecule has 0 rings (SSSR count). The zero-order chi connectivity index (χ0) is 31.7. The van der Waals surface area contributed by atoms with Crippen molar-refractivity contribution in [2.24, 2.45) is 0 Å². The quantitative estimate of drug-likeness (QED) is 0.358. The van der Waals surface area contributed by atoms with Gasteiger partial charge in [0, 0.05) is 395 Å². The summed E-state index contributed by atoms with van der Waals surface area (Å²) in [6.45, 7) is 0. The van der Waals surface area contributed by atoms with E-state index in [1.54, 1.807) is 107 Å². The second kappa shape index (κ2) is 59.0. The summed E-state index contributed by atoms with van der Waals surface area (Å²) in [7, 11) is 74.7. The Bertz CT molecular complexity index is 2720. The monoisotopic (exact) mass is 1440 g/mol. The molecule has 0 atom stereocenters. The lowest BCUT2D eigenvalue weighted by molar-refractivity contribution is 2.50. The predicted octanol–water partition coefficient (Wildman–Crippen LogP) is 1.17. The van der Waals surface area contributed by atoms with E-state index in [2.05, 4.69) is 0 Å². The van der Waals surface area contributed by atoms with Crippen molar-refractivity contribution < 1.29 is 0 Å². The molecule has 0 saturated carbocycles. The van der Waals surface area contributed by atoms with Crippen molar-refractivity contribution in [1.82, 2.24) is 0 Å². The Morgan fingerprint density at radius 2 is 0.196 bits per heavy atom. The zero-order valence-corrected chi connectivity index (χ0v) is 53.9. The summed E-state index contributed by atoms with van der Waals surface area (Å²) in [5.74, 6) is 0. The lowest BCUT2D eigenvalue weighted by atomic mass is 12.0. The van der Waals surface area contributed by atoms with Crippen LogP contribution in [0.5, 0.6) is 0 Å². The highest BCUT2D eigenvalue weighted by atomic mass is 33.5.